The van der Waals surface area contributed by atoms with E-state index in [1.54, 1.807) is 0 Å². The Morgan fingerprint density at radius 2 is 2.07 bits per heavy atom. The molecule has 1 aromatic heterocycles. The number of hydrogen-bond donors (Lipinski definition) is 0. The van der Waals surface area contributed by atoms with Crippen molar-refractivity contribution in [1.82, 2.24) is 15.0 Å². The van der Waals surface area contributed by atoms with Crippen LogP contribution in [0.15, 0.2) is 40.9 Å². The highest BCUT2D eigenvalue weighted by Crippen LogP contribution is 2.40. The van der Waals surface area contributed by atoms with Gasteiger partial charge in [-0.05, 0) is 49.4 Å². The number of rotatable bonds is 5. The standard InChI is InChI=1S/C22H23N3O3/c1-2-27-18-12-11-14-6-3-4-7-16(14)19(18)22(26)25-13-5-8-17(25)21-23-20(24-28-21)15-9-10-15/h3-4,6-7,11-12,15,17H,2,5,8-10,13H2,1H3. The monoisotopic (exact) mass is 377 g/mol. The molecule has 1 aliphatic heterocycles. The molecular formula is C22H23N3O3. The molecular weight excluding hydrogens is 354 g/mol. The number of carbonyl (C=O) groups excluding carboxylic acids is 1. The van der Waals surface area contributed by atoms with Gasteiger partial charge >= 0.3 is 0 Å². The smallest absolute Gasteiger partial charge is 0.258 e. The van der Waals surface area contributed by atoms with Gasteiger partial charge in [0.15, 0.2) is 5.82 Å². The van der Waals surface area contributed by atoms with Crippen molar-refractivity contribution in [3.05, 3.63) is 53.7 Å². The number of benzene rings is 2. The van der Waals surface area contributed by atoms with Crippen molar-refractivity contribution in [3.8, 4) is 5.75 Å². The largest absolute Gasteiger partial charge is 0.493 e. The first-order valence-corrected chi connectivity index (χ1v) is 10.0. The van der Waals surface area contributed by atoms with Crippen LogP contribution in [0.1, 0.15) is 66.6 Å². The number of aromatic nitrogens is 2. The van der Waals surface area contributed by atoms with Crippen LogP contribution in [-0.4, -0.2) is 34.1 Å². The van der Waals surface area contributed by atoms with Gasteiger partial charge in [-0.1, -0.05) is 35.5 Å². The van der Waals surface area contributed by atoms with Crippen molar-refractivity contribution < 1.29 is 14.1 Å². The van der Waals surface area contributed by atoms with Gasteiger partial charge in [-0.2, -0.15) is 4.98 Å². The van der Waals surface area contributed by atoms with Gasteiger partial charge in [0, 0.05) is 12.5 Å². The number of fused-ring (bicyclic) bond motifs is 1. The maximum Gasteiger partial charge on any atom is 0.258 e. The molecule has 0 radical (unpaired) electrons. The third-order valence-electron chi connectivity index (χ3n) is 5.60. The number of nitrogens with zero attached hydrogens (tertiary/aromatic N) is 3. The first-order valence-electron chi connectivity index (χ1n) is 10.0. The summed E-state index contributed by atoms with van der Waals surface area (Å²) in [6, 6.07) is 11.7. The molecule has 1 aliphatic carbocycles. The minimum atomic E-state index is -0.166. The van der Waals surface area contributed by atoms with Crippen LogP contribution in [0.4, 0.5) is 0 Å². The second kappa shape index (κ2) is 6.93. The van der Waals surface area contributed by atoms with Crippen LogP contribution >= 0.6 is 0 Å². The zero-order valence-electron chi connectivity index (χ0n) is 15.9. The molecule has 1 unspecified atom stereocenters. The zero-order valence-corrected chi connectivity index (χ0v) is 15.9. The lowest BCUT2D eigenvalue weighted by molar-refractivity contribution is 0.0708. The third kappa shape index (κ3) is 2.93. The van der Waals surface area contributed by atoms with Crippen molar-refractivity contribution in [2.24, 2.45) is 0 Å². The molecule has 5 rings (SSSR count). The molecule has 1 saturated heterocycles. The highest BCUT2D eigenvalue weighted by atomic mass is 16.5. The zero-order chi connectivity index (χ0) is 19.1. The van der Waals surface area contributed by atoms with E-state index in [9.17, 15) is 4.79 Å². The van der Waals surface area contributed by atoms with Gasteiger partial charge in [0.25, 0.3) is 5.91 Å². The quantitative estimate of drug-likeness (QED) is 0.656. The predicted octanol–water partition coefficient (Wildman–Crippen LogP) is 4.48. The number of carbonyl (C=O) groups is 1. The molecule has 144 valence electrons. The molecule has 2 fully saturated rings. The molecule has 1 saturated carbocycles. The van der Waals surface area contributed by atoms with Crippen LogP contribution in [0, 0.1) is 0 Å². The van der Waals surface area contributed by atoms with Crippen LogP contribution in [0.25, 0.3) is 10.8 Å². The fourth-order valence-electron chi connectivity index (χ4n) is 4.05. The van der Waals surface area contributed by atoms with E-state index in [-0.39, 0.29) is 11.9 Å². The maximum absolute atomic E-state index is 13.6. The van der Waals surface area contributed by atoms with Gasteiger partial charge in [-0.25, -0.2) is 0 Å². The van der Waals surface area contributed by atoms with E-state index in [4.69, 9.17) is 9.26 Å². The van der Waals surface area contributed by atoms with E-state index in [1.165, 1.54) is 0 Å². The van der Waals surface area contributed by atoms with Crippen LogP contribution in [0.3, 0.4) is 0 Å². The number of ether oxygens (including phenoxy) is 1. The second-order valence-electron chi connectivity index (χ2n) is 7.51. The Bertz CT molecular complexity index is 1020. The van der Waals surface area contributed by atoms with Crippen LogP contribution in [0.2, 0.25) is 0 Å². The Labute approximate surface area is 163 Å². The number of amides is 1. The van der Waals surface area contributed by atoms with Crippen LogP contribution in [0.5, 0.6) is 5.75 Å². The first kappa shape index (κ1) is 17.2. The van der Waals surface area contributed by atoms with Crippen molar-refractivity contribution in [2.75, 3.05) is 13.2 Å². The fourth-order valence-corrected chi connectivity index (χ4v) is 4.05. The normalized spacial score (nSPS) is 19.3. The van der Waals surface area contributed by atoms with Gasteiger partial charge < -0.3 is 14.2 Å². The van der Waals surface area contributed by atoms with E-state index in [0.29, 0.717) is 36.3 Å². The Hall–Kier alpha value is -2.89. The summed E-state index contributed by atoms with van der Waals surface area (Å²) >= 11 is 0. The minimum Gasteiger partial charge on any atom is -0.493 e. The molecule has 2 heterocycles. The molecule has 28 heavy (non-hydrogen) atoms. The lowest BCUT2D eigenvalue weighted by Gasteiger charge is -2.24. The van der Waals surface area contributed by atoms with E-state index in [2.05, 4.69) is 10.1 Å². The van der Waals surface area contributed by atoms with Gasteiger partial charge in [0.05, 0.1) is 12.2 Å². The Balaban J connectivity index is 1.53. The molecule has 6 nitrogen and oxygen atoms in total. The summed E-state index contributed by atoms with van der Waals surface area (Å²) in [7, 11) is 0. The van der Waals surface area contributed by atoms with Crippen molar-refractivity contribution in [2.45, 2.75) is 44.6 Å². The number of hydrogen-bond acceptors (Lipinski definition) is 5. The number of likely N-dealkylation sites (tertiary alicyclic amines) is 1. The SMILES string of the molecule is CCOc1ccc2ccccc2c1C(=O)N1CCCC1c1nc(C2CC2)no1. The van der Waals surface area contributed by atoms with Gasteiger partial charge in [0.1, 0.15) is 11.8 Å². The van der Waals surface area contributed by atoms with E-state index >= 15 is 0 Å². The third-order valence-corrected chi connectivity index (χ3v) is 5.60. The molecule has 1 atom stereocenters. The van der Waals surface area contributed by atoms with E-state index < -0.39 is 0 Å². The van der Waals surface area contributed by atoms with Crippen molar-refractivity contribution in [1.29, 1.82) is 0 Å². The maximum atomic E-state index is 13.6. The van der Waals surface area contributed by atoms with Crippen LogP contribution in [-0.2, 0) is 0 Å². The second-order valence-corrected chi connectivity index (χ2v) is 7.51. The van der Waals surface area contributed by atoms with Gasteiger partial charge in [-0.15, -0.1) is 0 Å². The summed E-state index contributed by atoms with van der Waals surface area (Å²) in [5.41, 5.74) is 0.619. The van der Waals surface area contributed by atoms with Gasteiger partial charge in [0.2, 0.25) is 5.89 Å². The lowest BCUT2D eigenvalue weighted by Crippen LogP contribution is -2.31. The molecule has 6 heteroatoms. The lowest BCUT2D eigenvalue weighted by atomic mass is 10.0. The summed E-state index contributed by atoms with van der Waals surface area (Å²) in [5.74, 6) is 2.38. The van der Waals surface area contributed by atoms with Crippen LogP contribution < -0.4 is 4.74 Å². The van der Waals surface area contributed by atoms with Crippen molar-refractivity contribution in [3.63, 3.8) is 0 Å². The summed E-state index contributed by atoms with van der Waals surface area (Å²) in [6.45, 7) is 3.12. The molecule has 3 aromatic rings. The molecule has 2 aromatic carbocycles. The first-order chi connectivity index (χ1) is 13.8. The predicted molar refractivity (Wildman–Crippen MR) is 104 cm³/mol. The van der Waals surface area contributed by atoms with E-state index in [0.717, 1.165) is 42.3 Å². The molecule has 0 spiro atoms. The summed E-state index contributed by atoms with van der Waals surface area (Å²) in [6.07, 6.45) is 4.01. The fraction of sp³-hybridized carbons (Fsp3) is 0.409. The highest BCUT2D eigenvalue weighted by molar-refractivity contribution is 6.09. The summed E-state index contributed by atoms with van der Waals surface area (Å²) < 4.78 is 11.4. The average molecular weight is 377 g/mol. The minimum absolute atomic E-state index is 0.0334. The Morgan fingerprint density at radius 3 is 2.89 bits per heavy atom. The molecule has 1 amide bonds. The average Bonchev–Trinajstić information content (AvgIpc) is 3.25. The topological polar surface area (TPSA) is 68.5 Å². The Morgan fingerprint density at radius 1 is 1.21 bits per heavy atom. The van der Waals surface area contributed by atoms with Gasteiger partial charge in [-0.3, -0.25) is 4.79 Å². The summed E-state index contributed by atoms with van der Waals surface area (Å²) in [5, 5.41) is 6.07. The van der Waals surface area contributed by atoms with E-state index in [1.807, 2.05) is 48.2 Å². The molecule has 2 aliphatic rings. The molecule has 0 bridgehead atoms. The highest BCUT2D eigenvalue weighted by Gasteiger charge is 2.37. The summed E-state index contributed by atoms with van der Waals surface area (Å²) in [4.78, 5) is 20.1. The van der Waals surface area contributed by atoms with Crippen molar-refractivity contribution >= 4 is 16.7 Å². The Kier molecular flexibility index (Phi) is 4.26. The molecule has 0 N–H and O–H groups in total.